The van der Waals surface area contributed by atoms with Gasteiger partial charge in [-0.15, -0.1) is 0 Å². The van der Waals surface area contributed by atoms with E-state index in [0.717, 1.165) is 6.92 Å². The average molecular weight is 300 g/mol. The lowest BCUT2D eigenvalue weighted by Gasteiger charge is -2.14. The van der Waals surface area contributed by atoms with Crippen LogP contribution in [-0.2, 0) is 28.9 Å². The molecule has 0 aromatic carbocycles. The van der Waals surface area contributed by atoms with Gasteiger partial charge in [0.2, 0.25) is 9.84 Å². The van der Waals surface area contributed by atoms with Gasteiger partial charge in [-0.3, -0.25) is 0 Å². The lowest BCUT2D eigenvalue weighted by Crippen LogP contribution is -2.40. The zero-order valence-corrected chi connectivity index (χ0v) is 11.3. The highest BCUT2D eigenvalue weighted by atomic mass is 32.2. The van der Waals surface area contributed by atoms with Gasteiger partial charge in [0.1, 0.15) is 13.2 Å². The van der Waals surface area contributed by atoms with Crippen molar-refractivity contribution in [2.75, 3.05) is 19.0 Å². The van der Waals surface area contributed by atoms with Gasteiger partial charge in [0.05, 0.1) is 5.75 Å². The van der Waals surface area contributed by atoms with Crippen LogP contribution in [0.3, 0.4) is 0 Å². The number of carbonyl (C=O) groups excluding carboxylic acids is 2. The maximum atomic E-state index is 13.1. The maximum Gasteiger partial charge on any atom is 0.439 e. The highest BCUT2D eigenvalue weighted by Gasteiger charge is 2.53. The first-order valence-electron chi connectivity index (χ1n) is 5.16. The number of esters is 2. The summed E-state index contributed by atoms with van der Waals surface area (Å²) in [5.41, 5.74) is 0.0882. The molecule has 0 aliphatic rings. The number of sulfone groups is 1. The van der Waals surface area contributed by atoms with E-state index in [9.17, 15) is 26.8 Å². The first-order valence-corrected chi connectivity index (χ1v) is 6.81. The van der Waals surface area contributed by atoms with Crippen LogP contribution >= 0.6 is 0 Å². The second kappa shape index (κ2) is 6.60. The van der Waals surface area contributed by atoms with E-state index in [-0.39, 0.29) is 5.57 Å². The zero-order valence-electron chi connectivity index (χ0n) is 10.4. The summed E-state index contributed by atoms with van der Waals surface area (Å²) in [5, 5.41) is -4.61. The third-order valence-corrected chi connectivity index (χ3v) is 3.61. The molecular formula is C10H14F2O6S. The molecule has 0 unspecified atom stereocenters. The fourth-order valence-corrected chi connectivity index (χ4v) is 1.46. The number of rotatable bonds is 7. The molecular weight excluding hydrogens is 286 g/mol. The lowest BCUT2D eigenvalue weighted by molar-refractivity contribution is -0.164. The fraction of sp³-hybridized carbons (Fsp3) is 0.600. The number of alkyl halides is 2. The second-order valence-electron chi connectivity index (χ2n) is 3.47. The number of ether oxygens (including phenoxy) is 2. The van der Waals surface area contributed by atoms with Gasteiger partial charge in [0.15, 0.2) is 0 Å². The first-order chi connectivity index (χ1) is 8.56. The zero-order chi connectivity index (χ0) is 15.3. The highest BCUT2D eigenvalue weighted by Crippen LogP contribution is 2.24. The monoisotopic (exact) mass is 300 g/mol. The Morgan fingerprint density at radius 1 is 1.21 bits per heavy atom. The molecule has 19 heavy (non-hydrogen) atoms. The van der Waals surface area contributed by atoms with Crippen LogP contribution in [0.2, 0.25) is 0 Å². The van der Waals surface area contributed by atoms with Crippen molar-refractivity contribution >= 4 is 21.8 Å². The standard InChI is InChI=1S/C10H14F2O6S/c1-4-19(15,16)10(11,12)9(14)18-6-5-17-8(13)7(2)3/h2,4-6H2,1,3H3. The molecule has 0 aliphatic heterocycles. The van der Waals surface area contributed by atoms with Gasteiger partial charge in [0, 0.05) is 5.57 Å². The van der Waals surface area contributed by atoms with E-state index in [0.29, 0.717) is 0 Å². The van der Waals surface area contributed by atoms with Crippen molar-refractivity contribution in [3.8, 4) is 0 Å². The lowest BCUT2D eigenvalue weighted by atomic mass is 10.4. The summed E-state index contributed by atoms with van der Waals surface area (Å²) >= 11 is 0. The third kappa shape index (κ3) is 4.58. The fourth-order valence-electron chi connectivity index (χ4n) is 0.784. The predicted octanol–water partition coefficient (Wildman–Crippen LogP) is 0.676. The Labute approximate surface area is 109 Å². The van der Waals surface area contributed by atoms with Crippen molar-refractivity contribution in [1.82, 2.24) is 0 Å². The quantitative estimate of drug-likeness (QED) is 0.390. The third-order valence-electron chi connectivity index (χ3n) is 1.91. The largest absolute Gasteiger partial charge is 0.459 e. The minimum atomic E-state index is -4.89. The minimum Gasteiger partial charge on any atom is -0.459 e. The molecule has 9 heteroatoms. The van der Waals surface area contributed by atoms with Crippen molar-refractivity contribution < 1.29 is 36.3 Å². The Hall–Kier alpha value is -1.51. The van der Waals surface area contributed by atoms with Gasteiger partial charge in [-0.1, -0.05) is 13.5 Å². The Balaban J connectivity index is 4.34. The summed E-state index contributed by atoms with van der Waals surface area (Å²) in [6.07, 6.45) is 0. The van der Waals surface area contributed by atoms with Crippen molar-refractivity contribution in [3.05, 3.63) is 12.2 Å². The Morgan fingerprint density at radius 3 is 2.11 bits per heavy atom. The summed E-state index contributed by atoms with van der Waals surface area (Å²) in [7, 11) is -4.89. The molecule has 0 bridgehead atoms. The van der Waals surface area contributed by atoms with Gasteiger partial charge < -0.3 is 9.47 Å². The molecule has 0 aromatic rings. The molecule has 0 aromatic heterocycles. The molecule has 0 heterocycles. The maximum absolute atomic E-state index is 13.1. The Morgan fingerprint density at radius 2 is 1.68 bits per heavy atom. The van der Waals surface area contributed by atoms with Gasteiger partial charge in [-0.05, 0) is 6.92 Å². The topological polar surface area (TPSA) is 86.7 Å². The van der Waals surface area contributed by atoms with Crippen LogP contribution in [0.4, 0.5) is 8.78 Å². The molecule has 0 spiro atoms. The molecule has 0 saturated carbocycles. The van der Waals surface area contributed by atoms with Gasteiger partial charge in [-0.2, -0.15) is 8.78 Å². The van der Waals surface area contributed by atoms with E-state index in [2.05, 4.69) is 16.1 Å². The SMILES string of the molecule is C=C(C)C(=O)OCCOC(=O)C(F)(F)S(=O)(=O)CC. The molecule has 110 valence electrons. The highest BCUT2D eigenvalue weighted by molar-refractivity contribution is 7.93. The van der Waals surface area contributed by atoms with E-state index in [1.807, 2.05) is 0 Å². The molecule has 0 saturated heterocycles. The number of hydrogen-bond acceptors (Lipinski definition) is 6. The van der Waals surface area contributed by atoms with Crippen molar-refractivity contribution in [1.29, 1.82) is 0 Å². The predicted molar refractivity (Wildman–Crippen MR) is 61.1 cm³/mol. The van der Waals surface area contributed by atoms with Crippen LogP contribution in [0, 0.1) is 0 Å². The molecule has 6 nitrogen and oxygen atoms in total. The van der Waals surface area contributed by atoms with Crippen LogP contribution in [-0.4, -0.2) is 44.6 Å². The van der Waals surface area contributed by atoms with E-state index in [4.69, 9.17) is 0 Å². The number of hydrogen-bond donors (Lipinski definition) is 0. The molecule has 0 aliphatic carbocycles. The van der Waals surface area contributed by atoms with Gasteiger partial charge in [0.25, 0.3) is 0 Å². The average Bonchev–Trinajstić information content (AvgIpc) is 2.33. The van der Waals surface area contributed by atoms with Crippen LogP contribution < -0.4 is 0 Å². The van der Waals surface area contributed by atoms with Crippen LogP contribution in [0.5, 0.6) is 0 Å². The van der Waals surface area contributed by atoms with Crippen LogP contribution in [0.25, 0.3) is 0 Å². The molecule has 0 fully saturated rings. The van der Waals surface area contributed by atoms with Gasteiger partial charge in [-0.25, -0.2) is 18.0 Å². The van der Waals surface area contributed by atoms with E-state index in [1.54, 1.807) is 0 Å². The Kier molecular flexibility index (Phi) is 6.07. The number of halogens is 2. The summed E-state index contributed by atoms with van der Waals surface area (Å²) in [5.74, 6) is -3.87. The summed E-state index contributed by atoms with van der Waals surface area (Å²) in [6, 6.07) is 0. The van der Waals surface area contributed by atoms with Crippen LogP contribution in [0.15, 0.2) is 12.2 Å². The molecule has 0 N–H and O–H groups in total. The van der Waals surface area contributed by atoms with Crippen molar-refractivity contribution in [3.63, 3.8) is 0 Å². The summed E-state index contributed by atoms with van der Waals surface area (Å²) in [6.45, 7) is 4.47. The summed E-state index contributed by atoms with van der Waals surface area (Å²) < 4.78 is 56.7. The normalized spacial score (nSPS) is 11.8. The van der Waals surface area contributed by atoms with E-state index < -0.39 is 46.0 Å². The van der Waals surface area contributed by atoms with Crippen molar-refractivity contribution in [2.45, 2.75) is 19.1 Å². The molecule has 0 atom stereocenters. The minimum absolute atomic E-state index is 0.0882. The molecule has 0 rings (SSSR count). The first kappa shape index (κ1) is 17.5. The molecule has 0 amide bonds. The number of carbonyl (C=O) groups is 2. The van der Waals surface area contributed by atoms with Crippen molar-refractivity contribution in [2.24, 2.45) is 0 Å². The van der Waals surface area contributed by atoms with E-state index in [1.165, 1.54) is 6.92 Å². The molecule has 0 radical (unpaired) electrons. The Bertz CT molecular complexity index is 468. The second-order valence-corrected chi connectivity index (χ2v) is 5.79. The smallest absolute Gasteiger partial charge is 0.439 e. The van der Waals surface area contributed by atoms with Gasteiger partial charge >= 0.3 is 17.2 Å². The van der Waals surface area contributed by atoms with E-state index >= 15 is 0 Å². The summed E-state index contributed by atoms with van der Waals surface area (Å²) in [4.78, 5) is 21.8. The van der Waals surface area contributed by atoms with Crippen LogP contribution in [0.1, 0.15) is 13.8 Å².